The van der Waals surface area contributed by atoms with Crippen molar-refractivity contribution in [2.24, 2.45) is 0 Å². The van der Waals surface area contributed by atoms with E-state index in [1.165, 1.54) is 47.8 Å². The summed E-state index contributed by atoms with van der Waals surface area (Å²) in [5.41, 5.74) is 11.0. The molecule has 0 bridgehead atoms. The molecular weight excluding hydrogens is 703 g/mol. The van der Waals surface area contributed by atoms with Gasteiger partial charge in [-0.2, -0.15) is 5.26 Å². The summed E-state index contributed by atoms with van der Waals surface area (Å²) in [4.78, 5) is 20.7. The molecule has 262 valence electrons. The van der Waals surface area contributed by atoms with Gasteiger partial charge >= 0.3 is 0 Å². The molecule has 3 aromatic heterocycles. The Labute approximate surface area is 327 Å². The van der Waals surface area contributed by atoms with Gasteiger partial charge in [-0.15, -0.1) is 11.3 Å². The molecule has 0 radical (unpaired) electrons. The molecule has 0 atom stereocenters. The van der Waals surface area contributed by atoms with Crippen LogP contribution in [0.4, 0.5) is 0 Å². The minimum atomic E-state index is -0.107. The zero-order valence-corrected chi connectivity index (χ0v) is 31.4. The molecule has 0 spiro atoms. The van der Waals surface area contributed by atoms with Crippen LogP contribution in [0.25, 0.3) is 98.4 Å². The Bertz CT molecular complexity index is 3280. The van der Waals surface area contributed by atoms with Gasteiger partial charge in [-0.3, -0.25) is 0 Å². The first kappa shape index (κ1) is 32.4. The summed E-state index contributed by atoms with van der Waals surface area (Å²) < 4.78 is 2.52. The van der Waals surface area contributed by atoms with Crippen molar-refractivity contribution in [1.82, 2.24) is 19.9 Å². The first-order valence-corrected chi connectivity index (χ1v) is 19.5. The van der Waals surface area contributed by atoms with E-state index >= 15 is 0 Å². The van der Waals surface area contributed by atoms with E-state index in [2.05, 4.69) is 141 Å². The largest absolute Gasteiger partial charge is 0.247 e. The smallest absolute Gasteiger partial charge is 0.164 e. The summed E-state index contributed by atoms with van der Waals surface area (Å²) in [6.07, 6.45) is 0. The van der Waals surface area contributed by atoms with E-state index in [1.54, 1.807) is 12.1 Å². The Hall–Kier alpha value is -7.07. The van der Waals surface area contributed by atoms with Crippen LogP contribution < -0.4 is 0 Å². The van der Waals surface area contributed by atoms with Crippen molar-refractivity contribution in [3.8, 4) is 62.6 Å². The third-order valence-electron chi connectivity index (χ3n) is 11.4. The van der Waals surface area contributed by atoms with Gasteiger partial charge in [0.25, 0.3) is 0 Å². The van der Waals surface area contributed by atoms with E-state index in [0.717, 1.165) is 44.2 Å². The number of hydrogen-bond acceptors (Lipinski definition) is 6. The molecule has 10 aromatic rings. The number of nitriles is 1. The summed E-state index contributed by atoms with van der Waals surface area (Å²) in [6, 6.07) is 54.9. The van der Waals surface area contributed by atoms with E-state index < -0.39 is 0 Å². The van der Waals surface area contributed by atoms with Gasteiger partial charge in [0.05, 0.1) is 22.8 Å². The highest BCUT2D eigenvalue weighted by atomic mass is 32.1. The number of hydrogen-bond donors (Lipinski definition) is 0. The average Bonchev–Trinajstić information content (AvgIpc) is 3.75. The Morgan fingerprint density at radius 3 is 1.93 bits per heavy atom. The molecule has 0 aliphatic heterocycles. The molecule has 0 unspecified atom stereocenters. The van der Waals surface area contributed by atoms with Gasteiger partial charge in [-0.1, -0.05) is 117 Å². The van der Waals surface area contributed by atoms with Crippen LogP contribution in [-0.2, 0) is 5.41 Å². The maximum absolute atomic E-state index is 9.51. The monoisotopic (exact) mass is 733 g/mol. The first-order valence-electron chi connectivity index (χ1n) is 18.7. The van der Waals surface area contributed by atoms with E-state index in [1.807, 2.05) is 29.5 Å². The lowest BCUT2D eigenvalue weighted by molar-refractivity contribution is 0.660. The number of aromatic nitrogens is 4. The first-order chi connectivity index (χ1) is 27.4. The van der Waals surface area contributed by atoms with Crippen LogP contribution in [0, 0.1) is 11.3 Å². The number of nitrogens with zero attached hydrogens (tertiary/aromatic N) is 5. The van der Waals surface area contributed by atoms with E-state index in [-0.39, 0.29) is 5.41 Å². The van der Waals surface area contributed by atoms with Gasteiger partial charge in [0.1, 0.15) is 0 Å². The van der Waals surface area contributed by atoms with Gasteiger partial charge < -0.3 is 0 Å². The van der Waals surface area contributed by atoms with Crippen LogP contribution in [0.1, 0.15) is 30.5 Å². The molecule has 0 fully saturated rings. The van der Waals surface area contributed by atoms with Gasteiger partial charge in [0.2, 0.25) is 0 Å². The van der Waals surface area contributed by atoms with Crippen LogP contribution in [0.15, 0.2) is 152 Å². The van der Waals surface area contributed by atoms with Crippen LogP contribution in [-0.4, -0.2) is 19.9 Å². The van der Waals surface area contributed by atoms with Crippen LogP contribution in [0.5, 0.6) is 0 Å². The lowest BCUT2D eigenvalue weighted by Gasteiger charge is -2.21. The zero-order valence-electron chi connectivity index (χ0n) is 30.6. The molecule has 6 heteroatoms. The number of thiophene rings is 1. The predicted octanol–water partition coefficient (Wildman–Crippen LogP) is 12.8. The molecule has 0 saturated heterocycles. The Kier molecular flexibility index (Phi) is 7.07. The fourth-order valence-electron chi connectivity index (χ4n) is 8.58. The van der Waals surface area contributed by atoms with Crippen molar-refractivity contribution >= 4 is 53.2 Å². The lowest BCUT2D eigenvalue weighted by atomic mass is 9.82. The molecule has 0 N–H and O–H groups in total. The van der Waals surface area contributed by atoms with Crippen molar-refractivity contribution in [1.29, 1.82) is 5.26 Å². The number of pyridine rings is 1. The van der Waals surface area contributed by atoms with E-state index in [4.69, 9.17) is 19.9 Å². The third-order valence-corrected chi connectivity index (χ3v) is 12.5. The quantitative estimate of drug-likeness (QED) is 0.168. The average molecular weight is 734 g/mol. The van der Waals surface area contributed by atoms with Crippen molar-refractivity contribution in [2.45, 2.75) is 19.3 Å². The molecule has 3 heterocycles. The summed E-state index contributed by atoms with van der Waals surface area (Å²) in [7, 11) is 0. The third kappa shape index (κ3) is 4.91. The van der Waals surface area contributed by atoms with E-state index in [9.17, 15) is 5.26 Å². The molecule has 56 heavy (non-hydrogen) atoms. The molecule has 1 aliphatic rings. The molecule has 11 rings (SSSR count). The second-order valence-corrected chi connectivity index (χ2v) is 16.0. The topological polar surface area (TPSA) is 75.3 Å². The Morgan fingerprint density at radius 2 is 1.12 bits per heavy atom. The second-order valence-electron chi connectivity index (χ2n) is 14.9. The van der Waals surface area contributed by atoms with Crippen molar-refractivity contribution in [2.75, 3.05) is 0 Å². The SMILES string of the molecule is CC1(C)c2ccccc2-c2cc(-c3nc(-c4ccc(C#N)cc4)nc(-c4ccc5c(c4)nc(-c4ccccc4)c4ccc6sc7ccccc7c6c45)n3)ccc21. The normalized spacial score (nSPS) is 12.9. The highest BCUT2D eigenvalue weighted by Crippen LogP contribution is 2.49. The second kappa shape index (κ2) is 12.2. The van der Waals surface area contributed by atoms with Crippen LogP contribution in [0.2, 0.25) is 0 Å². The maximum atomic E-state index is 9.51. The van der Waals surface area contributed by atoms with Gasteiger partial charge in [0, 0.05) is 64.0 Å². The van der Waals surface area contributed by atoms with Crippen LogP contribution >= 0.6 is 11.3 Å². The van der Waals surface area contributed by atoms with Crippen molar-refractivity contribution in [3.63, 3.8) is 0 Å². The summed E-state index contributed by atoms with van der Waals surface area (Å²) in [5.74, 6) is 1.68. The standard InChI is InChI=1S/C50H31N5S/c1-50(2)39-14-8-6-12-34(39)38-26-32(21-24-40(38)50)48-53-47(31-18-16-29(28-51)17-19-31)54-49(55-48)33-20-22-35-41(27-33)52-46(30-10-4-3-5-11-30)37-23-25-43-45(44(35)37)36-13-7-9-15-42(36)56-43/h3-27H,1-2H3. The Balaban J connectivity index is 1.15. The van der Waals surface area contributed by atoms with Gasteiger partial charge in [0.15, 0.2) is 17.5 Å². The van der Waals surface area contributed by atoms with Gasteiger partial charge in [-0.25, -0.2) is 19.9 Å². The highest BCUT2D eigenvalue weighted by molar-refractivity contribution is 7.26. The maximum Gasteiger partial charge on any atom is 0.164 e. The summed E-state index contributed by atoms with van der Waals surface area (Å²) >= 11 is 1.83. The molecule has 5 nitrogen and oxygen atoms in total. The molecule has 1 aliphatic carbocycles. The van der Waals surface area contributed by atoms with Gasteiger partial charge in [-0.05, 0) is 70.8 Å². The van der Waals surface area contributed by atoms with Crippen molar-refractivity contribution < 1.29 is 0 Å². The highest BCUT2D eigenvalue weighted by Gasteiger charge is 2.35. The number of fused-ring (bicyclic) bond motifs is 10. The Morgan fingerprint density at radius 1 is 0.482 bits per heavy atom. The molecular formula is C50H31N5S. The minimum Gasteiger partial charge on any atom is -0.247 e. The minimum absolute atomic E-state index is 0.107. The van der Waals surface area contributed by atoms with Crippen LogP contribution in [0.3, 0.4) is 0 Å². The molecule has 0 amide bonds. The zero-order chi connectivity index (χ0) is 37.5. The number of rotatable bonds is 4. The fraction of sp³-hybridized carbons (Fsp3) is 0.0600. The predicted molar refractivity (Wildman–Crippen MR) is 230 cm³/mol. The molecule has 0 saturated carbocycles. The lowest BCUT2D eigenvalue weighted by Crippen LogP contribution is -2.14. The van der Waals surface area contributed by atoms with Crippen molar-refractivity contribution in [3.05, 3.63) is 168 Å². The summed E-state index contributed by atoms with van der Waals surface area (Å²) in [5, 5.41) is 15.4. The fourth-order valence-corrected chi connectivity index (χ4v) is 9.70. The number of benzene rings is 7. The summed E-state index contributed by atoms with van der Waals surface area (Å²) in [6.45, 7) is 4.57. The molecule has 7 aromatic carbocycles. The van der Waals surface area contributed by atoms with E-state index in [0.29, 0.717) is 23.0 Å².